The van der Waals surface area contributed by atoms with Gasteiger partial charge in [0.15, 0.2) is 0 Å². The Balaban J connectivity index is 1.15. The van der Waals surface area contributed by atoms with E-state index in [0.29, 0.717) is 12.5 Å². The molecule has 50 heavy (non-hydrogen) atoms. The summed E-state index contributed by atoms with van der Waals surface area (Å²) in [6, 6.07) is 24.3. The first-order valence-corrected chi connectivity index (χ1v) is 17.8. The first-order valence-electron chi connectivity index (χ1n) is 17.8. The van der Waals surface area contributed by atoms with Crippen LogP contribution in [0.25, 0.3) is 33.6 Å². The van der Waals surface area contributed by atoms with Crippen molar-refractivity contribution >= 4 is 11.9 Å². The van der Waals surface area contributed by atoms with Crippen LogP contribution < -0.4 is 4.74 Å². The Morgan fingerprint density at radius 2 is 1.48 bits per heavy atom. The van der Waals surface area contributed by atoms with E-state index in [-0.39, 0.29) is 30.3 Å². The quantitative estimate of drug-likeness (QED) is 0.136. The van der Waals surface area contributed by atoms with Gasteiger partial charge in [-0.1, -0.05) is 75.2 Å². The monoisotopic (exact) mass is 671 g/mol. The summed E-state index contributed by atoms with van der Waals surface area (Å²) in [5.74, 6) is 3.03. The first-order chi connectivity index (χ1) is 24.4. The van der Waals surface area contributed by atoms with Crippen LogP contribution in [-0.4, -0.2) is 50.4 Å². The molecule has 1 amide bonds. The molecule has 9 heteroatoms. The number of hydrogen-bond acceptors (Lipinski definition) is 6. The minimum absolute atomic E-state index is 0.00711. The summed E-state index contributed by atoms with van der Waals surface area (Å²) in [5.41, 5.74) is 5.91. The number of para-hydroxylation sites is 1. The third-order valence-corrected chi connectivity index (χ3v) is 10.3. The maximum atomic E-state index is 13.7. The fraction of sp³-hybridized carbons (Fsp3) is 0.366. The minimum Gasteiger partial charge on any atom is -0.469 e. The molecule has 2 N–H and O–H groups in total. The zero-order valence-electron chi connectivity index (χ0n) is 29.0. The number of ether oxygens (including phenoxy) is 2. The number of nitrogens with zero attached hydrogens (tertiary/aromatic N) is 3. The van der Waals surface area contributed by atoms with Gasteiger partial charge in [-0.05, 0) is 67.0 Å². The SMILES string of the molecule is COC(=O)C[C@H](C(=O)N1CCC[C@H]1c1ncc(-c2ccc(-c3ccc(-c4cnc(C5CCCC5)[nH]4)cc3)c(Oc3ccccc3)c2)[nH]1)C(C)C. The largest absolute Gasteiger partial charge is 0.469 e. The number of likely N-dealkylation sites (tertiary alicyclic amines) is 1. The minimum atomic E-state index is -0.439. The molecule has 258 valence electrons. The number of hydrogen-bond donors (Lipinski definition) is 2. The van der Waals surface area contributed by atoms with Crippen molar-refractivity contribution in [2.45, 2.75) is 70.8 Å². The average Bonchev–Trinajstić information content (AvgIpc) is 3.98. The zero-order chi connectivity index (χ0) is 34.6. The van der Waals surface area contributed by atoms with Crippen molar-refractivity contribution in [1.29, 1.82) is 0 Å². The van der Waals surface area contributed by atoms with Crippen LogP contribution in [0.2, 0.25) is 0 Å². The van der Waals surface area contributed by atoms with E-state index >= 15 is 0 Å². The molecule has 1 saturated heterocycles. The Kier molecular flexibility index (Phi) is 9.83. The molecule has 0 radical (unpaired) electrons. The van der Waals surface area contributed by atoms with Gasteiger partial charge in [0.05, 0.1) is 49.3 Å². The van der Waals surface area contributed by atoms with Crippen molar-refractivity contribution in [3.63, 3.8) is 0 Å². The third kappa shape index (κ3) is 7.08. The number of aromatic nitrogens is 4. The lowest BCUT2D eigenvalue weighted by Crippen LogP contribution is -2.39. The summed E-state index contributed by atoms with van der Waals surface area (Å²) in [5, 5.41) is 0. The van der Waals surface area contributed by atoms with Crippen LogP contribution in [0.1, 0.15) is 82.4 Å². The highest BCUT2D eigenvalue weighted by Crippen LogP contribution is 2.39. The van der Waals surface area contributed by atoms with Gasteiger partial charge in [-0.25, -0.2) is 9.97 Å². The summed E-state index contributed by atoms with van der Waals surface area (Å²) in [4.78, 5) is 44.2. The second-order valence-electron chi connectivity index (χ2n) is 13.9. The number of carbonyl (C=O) groups excluding carboxylic acids is 2. The molecule has 2 aliphatic rings. The summed E-state index contributed by atoms with van der Waals surface area (Å²) in [6.07, 6.45) is 10.5. The molecule has 5 aromatic rings. The Bertz CT molecular complexity index is 1920. The number of imidazole rings is 2. The van der Waals surface area contributed by atoms with Gasteiger partial charge in [-0.3, -0.25) is 9.59 Å². The van der Waals surface area contributed by atoms with E-state index in [1.165, 1.54) is 32.8 Å². The van der Waals surface area contributed by atoms with Gasteiger partial charge in [0, 0.05) is 23.6 Å². The Morgan fingerprint density at radius 3 is 2.20 bits per heavy atom. The van der Waals surface area contributed by atoms with Gasteiger partial charge >= 0.3 is 5.97 Å². The van der Waals surface area contributed by atoms with E-state index in [2.05, 4.69) is 46.4 Å². The molecule has 2 aromatic heterocycles. The van der Waals surface area contributed by atoms with E-state index in [1.54, 1.807) is 0 Å². The molecular formula is C41H45N5O4. The van der Waals surface area contributed by atoms with Gasteiger partial charge in [0.2, 0.25) is 5.91 Å². The number of benzene rings is 3. The summed E-state index contributed by atoms with van der Waals surface area (Å²) >= 11 is 0. The Morgan fingerprint density at radius 1 is 0.820 bits per heavy atom. The molecule has 2 atom stereocenters. The van der Waals surface area contributed by atoms with E-state index in [4.69, 9.17) is 19.4 Å². The fourth-order valence-corrected chi connectivity index (χ4v) is 7.40. The number of esters is 1. The van der Waals surface area contributed by atoms with Crippen molar-refractivity contribution in [2.24, 2.45) is 11.8 Å². The van der Waals surface area contributed by atoms with E-state index in [9.17, 15) is 9.59 Å². The lowest BCUT2D eigenvalue weighted by Gasteiger charge is -2.29. The Labute approximate surface area is 293 Å². The number of methoxy groups -OCH3 is 1. The maximum absolute atomic E-state index is 13.7. The molecular weight excluding hydrogens is 626 g/mol. The normalized spacial score (nSPS) is 17.0. The van der Waals surface area contributed by atoms with Gasteiger partial charge in [0.1, 0.15) is 23.1 Å². The molecule has 3 aromatic carbocycles. The highest BCUT2D eigenvalue weighted by molar-refractivity contribution is 5.84. The number of amides is 1. The van der Waals surface area contributed by atoms with E-state index in [0.717, 1.165) is 69.6 Å². The van der Waals surface area contributed by atoms with E-state index in [1.807, 2.05) is 67.5 Å². The molecule has 0 spiro atoms. The summed E-state index contributed by atoms with van der Waals surface area (Å²) in [7, 11) is 1.36. The molecule has 9 nitrogen and oxygen atoms in total. The second-order valence-corrected chi connectivity index (χ2v) is 13.9. The number of H-pyrrole nitrogens is 2. The van der Waals surface area contributed by atoms with E-state index < -0.39 is 5.92 Å². The van der Waals surface area contributed by atoms with Crippen molar-refractivity contribution in [3.05, 3.63) is 96.8 Å². The van der Waals surface area contributed by atoms with Crippen LogP contribution in [0.5, 0.6) is 11.5 Å². The highest BCUT2D eigenvalue weighted by atomic mass is 16.5. The maximum Gasteiger partial charge on any atom is 0.306 e. The predicted octanol–water partition coefficient (Wildman–Crippen LogP) is 9.08. The Hall–Kier alpha value is -5.18. The van der Waals surface area contributed by atoms with Crippen LogP contribution in [-0.2, 0) is 14.3 Å². The third-order valence-electron chi connectivity index (χ3n) is 10.3. The second kappa shape index (κ2) is 14.7. The fourth-order valence-electron chi connectivity index (χ4n) is 7.40. The molecule has 1 saturated carbocycles. The summed E-state index contributed by atoms with van der Waals surface area (Å²) in [6.45, 7) is 4.58. The van der Waals surface area contributed by atoms with Crippen molar-refractivity contribution in [1.82, 2.24) is 24.8 Å². The van der Waals surface area contributed by atoms with Crippen LogP contribution in [0.15, 0.2) is 85.2 Å². The van der Waals surface area contributed by atoms with Gasteiger partial charge in [-0.2, -0.15) is 0 Å². The molecule has 3 heterocycles. The van der Waals surface area contributed by atoms with Crippen molar-refractivity contribution < 1.29 is 19.1 Å². The topological polar surface area (TPSA) is 113 Å². The van der Waals surface area contributed by atoms with Crippen LogP contribution in [0, 0.1) is 11.8 Å². The average molecular weight is 672 g/mol. The van der Waals surface area contributed by atoms with Gasteiger partial charge in [-0.15, -0.1) is 0 Å². The molecule has 1 aliphatic carbocycles. The van der Waals surface area contributed by atoms with Crippen molar-refractivity contribution in [3.8, 4) is 45.1 Å². The lowest BCUT2D eigenvalue weighted by atomic mass is 9.91. The van der Waals surface area contributed by atoms with Gasteiger partial charge in [0.25, 0.3) is 0 Å². The molecule has 0 unspecified atom stereocenters. The van der Waals surface area contributed by atoms with Gasteiger partial charge < -0.3 is 24.3 Å². The smallest absolute Gasteiger partial charge is 0.306 e. The van der Waals surface area contributed by atoms with Crippen LogP contribution in [0.3, 0.4) is 0 Å². The molecule has 0 bridgehead atoms. The molecule has 7 rings (SSSR count). The molecule has 2 fully saturated rings. The van der Waals surface area contributed by atoms with Crippen LogP contribution >= 0.6 is 0 Å². The summed E-state index contributed by atoms with van der Waals surface area (Å²) < 4.78 is 11.4. The molecule has 1 aliphatic heterocycles. The van der Waals surface area contributed by atoms with Crippen LogP contribution in [0.4, 0.5) is 0 Å². The first kappa shape index (κ1) is 33.3. The standard InChI is InChI=1S/C41H45N5O4/c1-26(2)33(23-38(47)49-3)41(48)46-21-9-14-36(46)40-43-25-35(45-40)30-19-20-32(37(22-30)50-31-12-5-4-6-13-31)27-15-17-28(18-16-27)34-24-42-39(44-34)29-10-7-8-11-29/h4-6,12-13,15-20,22,24-26,29,33,36H,7-11,14,21,23H2,1-3H3,(H,42,44)(H,43,45)/t33-,36-/m0/s1. The van der Waals surface area contributed by atoms with Crippen molar-refractivity contribution in [2.75, 3.05) is 13.7 Å². The highest BCUT2D eigenvalue weighted by Gasteiger charge is 2.37. The number of nitrogens with one attached hydrogen (secondary N) is 2. The number of rotatable bonds is 11. The lowest BCUT2D eigenvalue weighted by molar-refractivity contribution is -0.148. The zero-order valence-corrected chi connectivity index (χ0v) is 29.0. The number of carbonyl (C=O) groups is 2. The predicted molar refractivity (Wildman–Crippen MR) is 193 cm³/mol. The number of aromatic amines is 2.